The van der Waals surface area contributed by atoms with E-state index in [2.05, 4.69) is 5.32 Å². The summed E-state index contributed by atoms with van der Waals surface area (Å²) >= 11 is 5.90. The highest BCUT2D eigenvalue weighted by Gasteiger charge is 2.11. The van der Waals surface area contributed by atoms with Crippen LogP contribution in [0.2, 0.25) is 5.02 Å². The Morgan fingerprint density at radius 3 is 2.38 bits per heavy atom. The molecule has 3 aromatic carbocycles. The lowest BCUT2D eigenvalue weighted by Crippen LogP contribution is -2.23. The molecule has 0 aliphatic carbocycles. The smallest absolute Gasteiger partial charge is 0.251 e. The Labute approximate surface area is 176 Å². The van der Waals surface area contributed by atoms with Crippen LogP contribution >= 0.6 is 11.6 Å². The quantitative estimate of drug-likeness (QED) is 0.530. The Hall–Kier alpha value is -2.98. The summed E-state index contributed by atoms with van der Waals surface area (Å²) in [5, 5.41) is 3.60. The van der Waals surface area contributed by atoms with Crippen molar-refractivity contribution < 1.29 is 14.3 Å². The van der Waals surface area contributed by atoms with Crippen LogP contribution in [0.15, 0.2) is 66.7 Å². The number of rotatable bonds is 8. The van der Waals surface area contributed by atoms with E-state index in [1.54, 1.807) is 18.2 Å². The summed E-state index contributed by atoms with van der Waals surface area (Å²) in [6.07, 6.45) is 0. The number of hydrogen-bond donors (Lipinski definition) is 1. The first-order chi connectivity index (χ1) is 14.0. The normalized spacial score (nSPS) is 10.4. The highest BCUT2D eigenvalue weighted by molar-refractivity contribution is 6.30. The zero-order valence-electron chi connectivity index (χ0n) is 16.6. The molecule has 0 aromatic heterocycles. The third kappa shape index (κ3) is 6.00. The Kier molecular flexibility index (Phi) is 7.14. The van der Waals surface area contributed by atoms with Gasteiger partial charge in [0.2, 0.25) is 0 Å². The highest BCUT2D eigenvalue weighted by Crippen LogP contribution is 2.23. The van der Waals surface area contributed by atoms with Gasteiger partial charge in [-0.1, -0.05) is 41.4 Å². The second-order valence-corrected chi connectivity index (χ2v) is 7.10. The average molecular weight is 410 g/mol. The molecule has 0 spiro atoms. The summed E-state index contributed by atoms with van der Waals surface area (Å²) in [4.78, 5) is 12.6. The van der Waals surface area contributed by atoms with Crippen molar-refractivity contribution in [1.29, 1.82) is 0 Å². The molecule has 0 aliphatic rings. The molecule has 4 nitrogen and oxygen atoms in total. The molecule has 0 heterocycles. The van der Waals surface area contributed by atoms with Crippen LogP contribution in [-0.2, 0) is 13.2 Å². The number of amides is 1. The molecular weight excluding hydrogens is 386 g/mol. The van der Waals surface area contributed by atoms with Gasteiger partial charge in [0.15, 0.2) is 0 Å². The fourth-order valence-corrected chi connectivity index (χ4v) is 2.94. The maximum atomic E-state index is 12.6. The van der Waals surface area contributed by atoms with E-state index in [-0.39, 0.29) is 5.91 Å². The van der Waals surface area contributed by atoms with Gasteiger partial charge in [-0.25, -0.2) is 0 Å². The molecule has 0 saturated heterocycles. The molecule has 150 valence electrons. The van der Waals surface area contributed by atoms with Gasteiger partial charge in [0, 0.05) is 22.7 Å². The lowest BCUT2D eigenvalue weighted by molar-refractivity contribution is 0.0950. The maximum absolute atomic E-state index is 12.6. The molecule has 0 fully saturated rings. The number of carbonyl (C=O) groups is 1. The van der Waals surface area contributed by atoms with Gasteiger partial charge in [-0.3, -0.25) is 4.79 Å². The first-order valence-corrected chi connectivity index (χ1v) is 9.91. The Morgan fingerprint density at radius 2 is 1.69 bits per heavy atom. The van der Waals surface area contributed by atoms with Crippen LogP contribution < -0.4 is 14.8 Å². The SMILES string of the molecule is CCOc1ccc(C(=O)NCc2ccc(Cl)cc2)cc1COc1ccc(C)cc1. The van der Waals surface area contributed by atoms with E-state index in [4.69, 9.17) is 21.1 Å². The van der Waals surface area contributed by atoms with Gasteiger partial charge in [0.1, 0.15) is 18.1 Å². The standard InChI is InChI=1S/C24H24ClNO3/c1-3-28-23-13-8-19(24(27)26-15-18-6-9-21(25)10-7-18)14-20(23)16-29-22-11-4-17(2)5-12-22/h4-14H,3,15-16H2,1-2H3,(H,26,27). The molecule has 0 aliphatic heterocycles. The van der Waals surface area contributed by atoms with Crippen molar-refractivity contribution in [1.82, 2.24) is 5.32 Å². The zero-order valence-corrected chi connectivity index (χ0v) is 17.3. The first kappa shape index (κ1) is 20.7. The van der Waals surface area contributed by atoms with E-state index in [0.717, 1.165) is 16.9 Å². The summed E-state index contributed by atoms with van der Waals surface area (Å²) < 4.78 is 11.6. The van der Waals surface area contributed by atoms with Crippen LogP contribution in [0, 0.1) is 6.92 Å². The van der Waals surface area contributed by atoms with Crippen LogP contribution in [0.5, 0.6) is 11.5 Å². The fourth-order valence-electron chi connectivity index (χ4n) is 2.81. The largest absolute Gasteiger partial charge is 0.493 e. The van der Waals surface area contributed by atoms with Crippen molar-refractivity contribution >= 4 is 17.5 Å². The summed E-state index contributed by atoms with van der Waals surface area (Å²) in [6.45, 7) is 5.25. The first-order valence-electron chi connectivity index (χ1n) is 9.53. The molecule has 29 heavy (non-hydrogen) atoms. The second-order valence-electron chi connectivity index (χ2n) is 6.67. The van der Waals surface area contributed by atoms with Crippen LogP contribution in [0.4, 0.5) is 0 Å². The molecule has 0 unspecified atom stereocenters. The molecule has 0 radical (unpaired) electrons. The van der Waals surface area contributed by atoms with Crippen LogP contribution in [0.1, 0.15) is 34.0 Å². The summed E-state index contributed by atoms with van der Waals surface area (Å²) in [5.41, 5.74) is 3.54. The summed E-state index contributed by atoms with van der Waals surface area (Å²) in [6, 6.07) is 20.6. The van der Waals surface area contributed by atoms with Gasteiger partial charge in [-0.05, 0) is 61.9 Å². The van der Waals surface area contributed by atoms with E-state index in [1.165, 1.54) is 5.56 Å². The van der Waals surface area contributed by atoms with E-state index < -0.39 is 0 Å². The minimum atomic E-state index is -0.153. The van der Waals surface area contributed by atoms with Gasteiger partial charge in [0.25, 0.3) is 5.91 Å². The van der Waals surface area contributed by atoms with Gasteiger partial charge in [0.05, 0.1) is 6.61 Å². The summed E-state index contributed by atoms with van der Waals surface area (Å²) in [5.74, 6) is 1.34. The number of carbonyl (C=O) groups excluding carboxylic acids is 1. The van der Waals surface area contributed by atoms with E-state index in [0.29, 0.717) is 36.1 Å². The molecule has 1 N–H and O–H groups in total. The third-order valence-electron chi connectivity index (χ3n) is 4.40. The Bertz CT molecular complexity index is 953. The minimum Gasteiger partial charge on any atom is -0.493 e. The van der Waals surface area contributed by atoms with Crippen molar-refractivity contribution in [3.05, 3.63) is 94.0 Å². The average Bonchev–Trinajstić information content (AvgIpc) is 2.73. The number of hydrogen-bond acceptors (Lipinski definition) is 3. The van der Waals surface area contributed by atoms with Crippen molar-refractivity contribution in [3.8, 4) is 11.5 Å². The lowest BCUT2D eigenvalue weighted by atomic mass is 10.1. The molecule has 0 atom stereocenters. The molecule has 3 rings (SSSR count). The molecule has 0 saturated carbocycles. The van der Waals surface area contributed by atoms with Crippen molar-refractivity contribution in [2.75, 3.05) is 6.61 Å². The van der Waals surface area contributed by atoms with Gasteiger partial charge < -0.3 is 14.8 Å². The van der Waals surface area contributed by atoms with Crippen molar-refractivity contribution in [2.45, 2.75) is 27.0 Å². The van der Waals surface area contributed by atoms with Crippen molar-refractivity contribution in [3.63, 3.8) is 0 Å². The number of ether oxygens (including phenoxy) is 2. The van der Waals surface area contributed by atoms with Gasteiger partial charge in [-0.15, -0.1) is 0 Å². The van der Waals surface area contributed by atoms with E-state index in [1.807, 2.05) is 62.4 Å². The van der Waals surface area contributed by atoms with Crippen LogP contribution in [0.3, 0.4) is 0 Å². The van der Waals surface area contributed by atoms with Crippen molar-refractivity contribution in [2.24, 2.45) is 0 Å². The molecular formula is C24H24ClNO3. The minimum absolute atomic E-state index is 0.153. The number of halogens is 1. The fraction of sp³-hybridized carbons (Fsp3) is 0.208. The molecule has 3 aromatic rings. The molecule has 5 heteroatoms. The zero-order chi connectivity index (χ0) is 20.6. The van der Waals surface area contributed by atoms with Crippen LogP contribution in [0.25, 0.3) is 0 Å². The van der Waals surface area contributed by atoms with Gasteiger partial charge >= 0.3 is 0 Å². The lowest BCUT2D eigenvalue weighted by Gasteiger charge is -2.14. The number of benzene rings is 3. The predicted octanol–water partition coefficient (Wildman–Crippen LogP) is 5.56. The van der Waals surface area contributed by atoms with Gasteiger partial charge in [-0.2, -0.15) is 0 Å². The Balaban J connectivity index is 1.69. The second kappa shape index (κ2) is 9.99. The topological polar surface area (TPSA) is 47.6 Å². The number of nitrogens with one attached hydrogen (secondary N) is 1. The molecule has 1 amide bonds. The van der Waals surface area contributed by atoms with Crippen LogP contribution in [-0.4, -0.2) is 12.5 Å². The number of aryl methyl sites for hydroxylation is 1. The third-order valence-corrected chi connectivity index (χ3v) is 4.66. The highest BCUT2D eigenvalue weighted by atomic mass is 35.5. The Morgan fingerprint density at radius 1 is 0.966 bits per heavy atom. The summed E-state index contributed by atoms with van der Waals surface area (Å²) in [7, 11) is 0. The van der Waals surface area contributed by atoms with E-state index in [9.17, 15) is 4.79 Å². The van der Waals surface area contributed by atoms with E-state index >= 15 is 0 Å². The predicted molar refractivity (Wildman–Crippen MR) is 116 cm³/mol. The molecule has 0 bridgehead atoms. The monoisotopic (exact) mass is 409 g/mol. The maximum Gasteiger partial charge on any atom is 0.251 e.